The first-order valence-corrected chi connectivity index (χ1v) is 7.44. The maximum absolute atomic E-state index is 12.0. The number of nitrogens with one attached hydrogen (secondary N) is 2. The summed E-state index contributed by atoms with van der Waals surface area (Å²) in [4.78, 5) is 27.9. The van der Waals surface area contributed by atoms with Gasteiger partial charge in [0.15, 0.2) is 5.69 Å². The van der Waals surface area contributed by atoms with E-state index in [-0.39, 0.29) is 29.6 Å². The van der Waals surface area contributed by atoms with E-state index in [1.54, 1.807) is 24.3 Å². The molecular formula is C16H17N3O4. The number of oxazole rings is 1. The van der Waals surface area contributed by atoms with Crippen molar-refractivity contribution in [1.29, 1.82) is 0 Å². The standard InChI is InChI=1S/C16H17N3O4/c20-14(11-5-2-1-3-6-11)19-16-18-13(10-23-16)15(21)17-9-12-7-4-8-22-12/h1-3,5-6,10,12H,4,7-9H2,(H,17,21)(H,18,19,20). The maximum atomic E-state index is 12.0. The van der Waals surface area contributed by atoms with Crippen molar-refractivity contribution in [2.45, 2.75) is 18.9 Å². The highest BCUT2D eigenvalue weighted by atomic mass is 16.5. The summed E-state index contributed by atoms with van der Waals surface area (Å²) >= 11 is 0. The molecular weight excluding hydrogens is 298 g/mol. The van der Waals surface area contributed by atoms with Crippen LogP contribution in [-0.4, -0.2) is 36.1 Å². The fourth-order valence-corrected chi connectivity index (χ4v) is 2.30. The molecule has 120 valence electrons. The van der Waals surface area contributed by atoms with Crippen molar-refractivity contribution in [2.24, 2.45) is 0 Å². The molecule has 1 aliphatic heterocycles. The van der Waals surface area contributed by atoms with Gasteiger partial charge in [0.2, 0.25) is 0 Å². The zero-order valence-electron chi connectivity index (χ0n) is 12.5. The number of amides is 2. The molecule has 0 spiro atoms. The Morgan fingerprint density at radius 2 is 2.04 bits per heavy atom. The number of nitrogens with zero attached hydrogens (tertiary/aromatic N) is 1. The molecule has 1 fully saturated rings. The van der Waals surface area contributed by atoms with E-state index in [2.05, 4.69) is 15.6 Å². The van der Waals surface area contributed by atoms with E-state index in [0.29, 0.717) is 12.1 Å². The molecule has 1 aromatic carbocycles. The number of anilines is 1. The van der Waals surface area contributed by atoms with E-state index in [4.69, 9.17) is 9.15 Å². The minimum absolute atomic E-state index is 0.0129. The lowest BCUT2D eigenvalue weighted by molar-refractivity contribution is 0.0853. The quantitative estimate of drug-likeness (QED) is 0.878. The molecule has 0 radical (unpaired) electrons. The van der Waals surface area contributed by atoms with E-state index >= 15 is 0 Å². The number of hydrogen-bond acceptors (Lipinski definition) is 5. The topological polar surface area (TPSA) is 93.5 Å². The van der Waals surface area contributed by atoms with Gasteiger partial charge in [-0.25, -0.2) is 0 Å². The van der Waals surface area contributed by atoms with Gasteiger partial charge in [-0.3, -0.25) is 14.9 Å². The molecule has 0 bridgehead atoms. The van der Waals surface area contributed by atoms with Crippen LogP contribution < -0.4 is 10.6 Å². The van der Waals surface area contributed by atoms with E-state index < -0.39 is 0 Å². The Labute approximate surface area is 133 Å². The van der Waals surface area contributed by atoms with Crippen molar-refractivity contribution in [2.75, 3.05) is 18.5 Å². The van der Waals surface area contributed by atoms with E-state index in [1.165, 1.54) is 6.26 Å². The Kier molecular flexibility index (Phi) is 4.68. The lowest BCUT2D eigenvalue weighted by Gasteiger charge is -2.09. The summed E-state index contributed by atoms with van der Waals surface area (Å²) in [5.74, 6) is -0.705. The van der Waals surface area contributed by atoms with Gasteiger partial charge in [-0.1, -0.05) is 18.2 Å². The Bertz CT molecular complexity index is 678. The zero-order valence-corrected chi connectivity index (χ0v) is 12.5. The first kappa shape index (κ1) is 15.2. The molecule has 2 aromatic rings. The molecule has 1 atom stereocenters. The summed E-state index contributed by atoms with van der Waals surface area (Å²) in [6.45, 7) is 1.18. The number of hydrogen-bond donors (Lipinski definition) is 2. The third-order valence-corrected chi connectivity index (χ3v) is 3.51. The molecule has 1 saturated heterocycles. The first-order chi connectivity index (χ1) is 11.2. The van der Waals surface area contributed by atoms with Crippen LogP contribution in [0.25, 0.3) is 0 Å². The van der Waals surface area contributed by atoms with Gasteiger partial charge < -0.3 is 14.5 Å². The molecule has 23 heavy (non-hydrogen) atoms. The Morgan fingerprint density at radius 1 is 1.22 bits per heavy atom. The fourth-order valence-electron chi connectivity index (χ4n) is 2.30. The second-order valence-corrected chi connectivity index (χ2v) is 5.20. The SMILES string of the molecule is O=C(Nc1nc(C(=O)NCC2CCCO2)co1)c1ccccc1. The van der Waals surface area contributed by atoms with Gasteiger partial charge in [-0.2, -0.15) is 4.98 Å². The number of ether oxygens (including phenoxy) is 1. The highest BCUT2D eigenvalue weighted by Crippen LogP contribution is 2.12. The molecule has 3 rings (SSSR count). The normalized spacial score (nSPS) is 17.0. The summed E-state index contributed by atoms with van der Waals surface area (Å²) in [7, 11) is 0. The van der Waals surface area contributed by atoms with Crippen molar-refractivity contribution in [3.05, 3.63) is 47.9 Å². The van der Waals surface area contributed by atoms with Gasteiger partial charge in [0.25, 0.3) is 11.8 Å². The Morgan fingerprint density at radius 3 is 2.78 bits per heavy atom. The smallest absolute Gasteiger partial charge is 0.302 e. The van der Waals surface area contributed by atoms with Crippen LogP contribution in [0, 0.1) is 0 Å². The summed E-state index contributed by atoms with van der Waals surface area (Å²) in [5, 5.41) is 5.25. The molecule has 1 aromatic heterocycles. The van der Waals surface area contributed by atoms with Crippen molar-refractivity contribution >= 4 is 17.8 Å². The van der Waals surface area contributed by atoms with Gasteiger partial charge in [-0.05, 0) is 25.0 Å². The zero-order chi connectivity index (χ0) is 16.1. The van der Waals surface area contributed by atoms with Crippen molar-refractivity contribution in [3.63, 3.8) is 0 Å². The summed E-state index contributed by atoms with van der Waals surface area (Å²) in [6.07, 6.45) is 3.23. The second-order valence-electron chi connectivity index (χ2n) is 5.20. The average Bonchev–Trinajstić information content (AvgIpc) is 3.25. The van der Waals surface area contributed by atoms with Gasteiger partial charge in [0, 0.05) is 18.7 Å². The molecule has 1 unspecified atom stereocenters. The maximum Gasteiger partial charge on any atom is 0.302 e. The Balaban J connectivity index is 1.54. The van der Waals surface area contributed by atoms with Gasteiger partial charge >= 0.3 is 6.01 Å². The predicted octanol–water partition coefficient (Wildman–Crippen LogP) is 1.84. The lowest BCUT2D eigenvalue weighted by Crippen LogP contribution is -2.31. The van der Waals surface area contributed by atoms with Crippen molar-refractivity contribution < 1.29 is 18.7 Å². The molecule has 2 N–H and O–H groups in total. The van der Waals surface area contributed by atoms with Crippen LogP contribution in [0.3, 0.4) is 0 Å². The average molecular weight is 315 g/mol. The molecule has 2 heterocycles. The van der Waals surface area contributed by atoms with E-state index in [0.717, 1.165) is 19.4 Å². The first-order valence-electron chi connectivity index (χ1n) is 7.44. The van der Waals surface area contributed by atoms with Gasteiger partial charge in [0.1, 0.15) is 6.26 Å². The van der Waals surface area contributed by atoms with Gasteiger partial charge in [-0.15, -0.1) is 0 Å². The number of carbonyl (C=O) groups excluding carboxylic acids is 2. The highest BCUT2D eigenvalue weighted by molar-refractivity contribution is 6.03. The van der Waals surface area contributed by atoms with Crippen molar-refractivity contribution in [1.82, 2.24) is 10.3 Å². The number of aromatic nitrogens is 1. The fraction of sp³-hybridized carbons (Fsp3) is 0.312. The van der Waals surface area contributed by atoms with Gasteiger partial charge in [0.05, 0.1) is 6.10 Å². The lowest BCUT2D eigenvalue weighted by atomic mass is 10.2. The number of rotatable bonds is 5. The van der Waals surface area contributed by atoms with Crippen LogP contribution in [-0.2, 0) is 4.74 Å². The van der Waals surface area contributed by atoms with Crippen LogP contribution in [0.1, 0.15) is 33.7 Å². The van der Waals surface area contributed by atoms with E-state index in [9.17, 15) is 9.59 Å². The third-order valence-electron chi connectivity index (χ3n) is 3.51. The molecule has 1 aliphatic rings. The number of carbonyl (C=O) groups is 2. The van der Waals surface area contributed by atoms with Crippen LogP contribution in [0.15, 0.2) is 41.0 Å². The van der Waals surface area contributed by atoms with E-state index in [1.807, 2.05) is 6.07 Å². The number of benzene rings is 1. The van der Waals surface area contributed by atoms with Crippen molar-refractivity contribution in [3.8, 4) is 0 Å². The van der Waals surface area contributed by atoms with Crippen LogP contribution >= 0.6 is 0 Å². The minimum Gasteiger partial charge on any atom is -0.431 e. The predicted molar refractivity (Wildman–Crippen MR) is 82.2 cm³/mol. The minimum atomic E-state index is -0.357. The molecule has 0 aliphatic carbocycles. The van der Waals surface area contributed by atoms with Crippen LogP contribution in [0.4, 0.5) is 6.01 Å². The van der Waals surface area contributed by atoms with Crippen LogP contribution in [0.2, 0.25) is 0 Å². The monoisotopic (exact) mass is 315 g/mol. The third kappa shape index (κ3) is 3.95. The summed E-state index contributed by atoms with van der Waals surface area (Å²) in [6, 6.07) is 8.67. The van der Waals surface area contributed by atoms with Crippen LogP contribution in [0.5, 0.6) is 0 Å². The molecule has 0 saturated carbocycles. The largest absolute Gasteiger partial charge is 0.431 e. The molecule has 7 nitrogen and oxygen atoms in total. The highest BCUT2D eigenvalue weighted by Gasteiger charge is 2.19. The summed E-state index contributed by atoms with van der Waals surface area (Å²) < 4.78 is 10.5. The second kappa shape index (κ2) is 7.06. The Hall–Kier alpha value is -2.67. The molecule has 7 heteroatoms. The summed E-state index contributed by atoms with van der Waals surface area (Å²) in [5.41, 5.74) is 0.599. The molecule has 2 amide bonds.